The maximum absolute atomic E-state index is 6.10. The zero-order chi connectivity index (χ0) is 15.6. The minimum atomic E-state index is -0.0386. The topological polar surface area (TPSA) is 44.5 Å². The number of halogens is 1. The van der Waals surface area contributed by atoms with Gasteiger partial charge in [-0.25, -0.2) is 0 Å². The second kappa shape index (κ2) is 6.13. The summed E-state index contributed by atoms with van der Waals surface area (Å²) in [6, 6.07) is 11.5. The maximum atomic E-state index is 6.10. The second-order valence-corrected chi connectivity index (χ2v) is 7.07. The Hall–Kier alpha value is -1.43. The largest absolute Gasteiger partial charge is 0.497 e. The molecular formula is C17H20INO2. The number of nitrogen functional groups attached to an aromatic ring is 1. The quantitative estimate of drug-likeness (QED) is 0.588. The molecule has 4 heteroatoms. The number of methoxy groups -OCH3 is 1. The van der Waals surface area contributed by atoms with Crippen LogP contribution in [0.15, 0.2) is 36.4 Å². The molecule has 0 fully saturated rings. The van der Waals surface area contributed by atoms with Crippen LogP contribution in [0.25, 0.3) is 0 Å². The summed E-state index contributed by atoms with van der Waals surface area (Å²) < 4.78 is 12.4. The highest BCUT2D eigenvalue weighted by Gasteiger charge is 2.20. The van der Waals surface area contributed by atoms with E-state index in [0.29, 0.717) is 0 Å². The molecule has 2 rings (SSSR count). The first-order valence-electron chi connectivity index (χ1n) is 6.72. The van der Waals surface area contributed by atoms with Crippen LogP contribution in [-0.2, 0) is 5.41 Å². The Balaban J connectivity index is 2.44. The van der Waals surface area contributed by atoms with Crippen molar-refractivity contribution in [2.24, 2.45) is 0 Å². The first kappa shape index (κ1) is 15.9. The van der Waals surface area contributed by atoms with Crippen molar-refractivity contribution in [3.63, 3.8) is 0 Å². The Kier molecular flexibility index (Phi) is 4.66. The smallest absolute Gasteiger partial charge is 0.140 e. The molecule has 0 aliphatic rings. The van der Waals surface area contributed by atoms with Crippen LogP contribution in [0, 0.1) is 3.57 Å². The average Bonchev–Trinajstić information content (AvgIpc) is 2.41. The van der Waals surface area contributed by atoms with Gasteiger partial charge in [-0.15, -0.1) is 0 Å². The minimum Gasteiger partial charge on any atom is -0.497 e. The molecular weight excluding hydrogens is 377 g/mol. The van der Waals surface area contributed by atoms with Gasteiger partial charge in [-0.1, -0.05) is 20.8 Å². The van der Waals surface area contributed by atoms with E-state index in [4.69, 9.17) is 15.2 Å². The maximum Gasteiger partial charge on any atom is 0.140 e. The lowest BCUT2D eigenvalue weighted by Crippen LogP contribution is -2.13. The number of hydrogen-bond acceptors (Lipinski definition) is 3. The molecule has 0 spiro atoms. The van der Waals surface area contributed by atoms with Gasteiger partial charge in [0.2, 0.25) is 0 Å². The summed E-state index contributed by atoms with van der Waals surface area (Å²) in [7, 11) is 1.67. The molecule has 0 aliphatic carbocycles. The molecule has 0 heterocycles. The molecule has 0 unspecified atom stereocenters. The van der Waals surface area contributed by atoms with Crippen LogP contribution in [0.3, 0.4) is 0 Å². The standard InChI is InChI=1S/C17H20INO2/c1-17(2,3)13-10-12(20-4)6-8-15(13)21-16-7-5-11(19)9-14(16)18/h5-10H,19H2,1-4H3. The molecule has 2 aromatic carbocycles. The van der Waals surface area contributed by atoms with Crippen molar-refractivity contribution >= 4 is 28.3 Å². The predicted molar refractivity (Wildman–Crippen MR) is 95.3 cm³/mol. The summed E-state index contributed by atoms with van der Waals surface area (Å²) >= 11 is 2.23. The van der Waals surface area contributed by atoms with Gasteiger partial charge in [0.15, 0.2) is 0 Å². The Bertz CT molecular complexity index is 648. The number of hydrogen-bond donors (Lipinski definition) is 1. The Labute approximate surface area is 139 Å². The summed E-state index contributed by atoms with van der Waals surface area (Å²) in [5, 5.41) is 0. The van der Waals surface area contributed by atoms with Crippen LogP contribution in [-0.4, -0.2) is 7.11 Å². The van der Waals surface area contributed by atoms with Gasteiger partial charge in [0.05, 0.1) is 10.7 Å². The third-order valence-electron chi connectivity index (χ3n) is 3.17. The molecule has 0 saturated heterocycles. The van der Waals surface area contributed by atoms with Gasteiger partial charge in [-0.3, -0.25) is 0 Å². The summed E-state index contributed by atoms with van der Waals surface area (Å²) in [5.41, 5.74) is 7.58. The molecule has 0 radical (unpaired) electrons. The minimum absolute atomic E-state index is 0.0386. The van der Waals surface area contributed by atoms with Crippen LogP contribution in [0.5, 0.6) is 17.2 Å². The van der Waals surface area contributed by atoms with Gasteiger partial charge >= 0.3 is 0 Å². The highest BCUT2D eigenvalue weighted by molar-refractivity contribution is 14.1. The Morgan fingerprint density at radius 3 is 2.24 bits per heavy atom. The van der Waals surface area contributed by atoms with Gasteiger partial charge in [0, 0.05) is 11.3 Å². The summed E-state index contributed by atoms with van der Waals surface area (Å²) in [4.78, 5) is 0. The van der Waals surface area contributed by atoms with Gasteiger partial charge < -0.3 is 15.2 Å². The third-order valence-corrected chi connectivity index (χ3v) is 4.01. The number of anilines is 1. The van der Waals surface area contributed by atoms with E-state index in [9.17, 15) is 0 Å². The Morgan fingerprint density at radius 1 is 1.00 bits per heavy atom. The van der Waals surface area contributed by atoms with E-state index >= 15 is 0 Å². The number of rotatable bonds is 3. The van der Waals surface area contributed by atoms with E-state index in [-0.39, 0.29) is 5.41 Å². The number of benzene rings is 2. The van der Waals surface area contributed by atoms with Gasteiger partial charge in [0.1, 0.15) is 17.2 Å². The van der Waals surface area contributed by atoms with Crippen molar-refractivity contribution in [1.29, 1.82) is 0 Å². The first-order chi connectivity index (χ1) is 9.81. The van der Waals surface area contributed by atoms with E-state index in [1.165, 1.54) is 0 Å². The molecule has 0 aromatic heterocycles. The lowest BCUT2D eigenvalue weighted by molar-refractivity contribution is 0.407. The lowest BCUT2D eigenvalue weighted by Gasteiger charge is -2.23. The zero-order valence-corrected chi connectivity index (χ0v) is 14.9. The third kappa shape index (κ3) is 3.81. The van der Waals surface area contributed by atoms with Crippen molar-refractivity contribution in [3.05, 3.63) is 45.5 Å². The SMILES string of the molecule is COc1ccc(Oc2ccc(N)cc2I)c(C(C)(C)C)c1. The van der Waals surface area contributed by atoms with Crippen LogP contribution in [0.2, 0.25) is 0 Å². The van der Waals surface area contributed by atoms with Crippen molar-refractivity contribution in [2.45, 2.75) is 26.2 Å². The second-order valence-electron chi connectivity index (χ2n) is 5.90. The van der Waals surface area contributed by atoms with Crippen LogP contribution in [0.4, 0.5) is 5.69 Å². The van der Waals surface area contributed by atoms with Crippen molar-refractivity contribution in [1.82, 2.24) is 0 Å². The van der Waals surface area contributed by atoms with E-state index in [2.05, 4.69) is 43.4 Å². The fourth-order valence-electron chi connectivity index (χ4n) is 2.03. The van der Waals surface area contributed by atoms with Gasteiger partial charge in [-0.2, -0.15) is 0 Å². The molecule has 0 bridgehead atoms. The number of ether oxygens (including phenoxy) is 2. The summed E-state index contributed by atoms with van der Waals surface area (Å²) in [5.74, 6) is 2.48. The van der Waals surface area contributed by atoms with Gasteiger partial charge in [-0.05, 0) is 64.4 Å². The molecule has 0 amide bonds. The van der Waals surface area contributed by atoms with Crippen molar-refractivity contribution in [2.75, 3.05) is 12.8 Å². The molecule has 112 valence electrons. The number of nitrogens with two attached hydrogens (primary N) is 1. The van der Waals surface area contributed by atoms with Crippen LogP contribution < -0.4 is 15.2 Å². The van der Waals surface area contributed by atoms with E-state index < -0.39 is 0 Å². The van der Waals surface area contributed by atoms with Crippen molar-refractivity contribution < 1.29 is 9.47 Å². The van der Waals surface area contributed by atoms with Crippen LogP contribution >= 0.6 is 22.6 Å². The van der Waals surface area contributed by atoms with E-state index in [1.54, 1.807) is 7.11 Å². The molecule has 2 aromatic rings. The highest BCUT2D eigenvalue weighted by atomic mass is 127. The molecule has 2 N–H and O–H groups in total. The fraction of sp³-hybridized carbons (Fsp3) is 0.294. The lowest BCUT2D eigenvalue weighted by atomic mass is 9.86. The Morgan fingerprint density at radius 2 is 1.67 bits per heavy atom. The van der Waals surface area contributed by atoms with Gasteiger partial charge in [0.25, 0.3) is 0 Å². The van der Waals surface area contributed by atoms with E-state index in [0.717, 1.165) is 32.1 Å². The molecule has 21 heavy (non-hydrogen) atoms. The first-order valence-corrected chi connectivity index (χ1v) is 7.80. The highest BCUT2D eigenvalue weighted by Crippen LogP contribution is 2.38. The molecule has 0 saturated carbocycles. The molecule has 0 atom stereocenters. The fourth-order valence-corrected chi connectivity index (χ4v) is 2.68. The molecule has 3 nitrogen and oxygen atoms in total. The average molecular weight is 397 g/mol. The predicted octanol–water partition coefficient (Wildman–Crippen LogP) is 4.97. The van der Waals surface area contributed by atoms with Crippen LogP contribution in [0.1, 0.15) is 26.3 Å². The van der Waals surface area contributed by atoms with Crippen molar-refractivity contribution in [3.8, 4) is 17.2 Å². The monoisotopic (exact) mass is 397 g/mol. The zero-order valence-electron chi connectivity index (χ0n) is 12.7. The normalized spacial score (nSPS) is 11.3. The summed E-state index contributed by atoms with van der Waals surface area (Å²) in [6.07, 6.45) is 0. The summed E-state index contributed by atoms with van der Waals surface area (Å²) in [6.45, 7) is 6.47. The van der Waals surface area contributed by atoms with E-state index in [1.807, 2.05) is 36.4 Å². The molecule has 0 aliphatic heterocycles.